The molecule has 0 amide bonds. The lowest BCUT2D eigenvalue weighted by Gasteiger charge is -2.02. The van der Waals surface area contributed by atoms with Crippen molar-refractivity contribution in [2.45, 2.75) is 13.5 Å². The van der Waals surface area contributed by atoms with Crippen LogP contribution in [0.25, 0.3) is 0 Å². The fourth-order valence-corrected chi connectivity index (χ4v) is 2.49. The number of hydrogen-bond acceptors (Lipinski definition) is 3. The lowest BCUT2D eigenvalue weighted by atomic mass is 10.2. The van der Waals surface area contributed by atoms with Crippen LogP contribution in [0.5, 0.6) is 0 Å². The van der Waals surface area contributed by atoms with Crippen molar-refractivity contribution in [2.75, 3.05) is 0 Å². The minimum atomic E-state index is 0.0243. The van der Waals surface area contributed by atoms with Gasteiger partial charge in [0.05, 0.1) is 15.5 Å². The van der Waals surface area contributed by atoms with Crippen molar-refractivity contribution < 1.29 is 4.79 Å². The molecule has 0 saturated heterocycles. The van der Waals surface area contributed by atoms with Crippen molar-refractivity contribution in [3.05, 3.63) is 38.8 Å². The molecule has 0 aliphatic heterocycles. The number of aryl methyl sites for hydroxylation is 1. The van der Waals surface area contributed by atoms with Gasteiger partial charge < -0.3 is 0 Å². The maximum Gasteiger partial charge on any atom is 0.222 e. The largest absolute Gasteiger partial charge is 0.286 e. The molecule has 5 heteroatoms. The third-order valence-corrected chi connectivity index (χ3v) is 3.50. The minimum Gasteiger partial charge on any atom is -0.286 e. The molecule has 2 rings (SSSR count). The van der Waals surface area contributed by atoms with E-state index in [1.165, 1.54) is 11.3 Å². The molecule has 0 bridgehead atoms. The molecule has 0 N–H and O–H groups in total. The normalized spacial score (nSPS) is 10.5. The first-order chi connectivity index (χ1) is 7.24. The number of hydrogen-bond donors (Lipinski definition) is 0. The predicted octanol–water partition coefficient (Wildman–Crippen LogP) is 2.96. The zero-order valence-electron chi connectivity index (χ0n) is 8.11. The number of rotatable bonds is 3. The fourth-order valence-electron chi connectivity index (χ4n) is 1.35. The van der Waals surface area contributed by atoms with Crippen LogP contribution in [0, 0.1) is 0 Å². The SMILES string of the molecule is CCn1ncc(Br)c1C(=O)c1cccs1. The van der Waals surface area contributed by atoms with Crippen molar-refractivity contribution in [3.8, 4) is 0 Å². The third kappa shape index (κ3) is 1.89. The quantitative estimate of drug-likeness (QED) is 0.813. The first kappa shape index (κ1) is 10.6. The summed E-state index contributed by atoms with van der Waals surface area (Å²) >= 11 is 4.79. The van der Waals surface area contributed by atoms with Crippen molar-refractivity contribution in [3.63, 3.8) is 0 Å². The molecule has 0 saturated carbocycles. The highest BCUT2D eigenvalue weighted by Crippen LogP contribution is 2.21. The number of carbonyl (C=O) groups is 1. The molecule has 2 aromatic rings. The number of carbonyl (C=O) groups excluding carboxylic acids is 1. The van der Waals surface area contributed by atoms with E-state index in [1.807, 2.05) is 24.4 Å². The van der Waals surface area contributed by atoms with Gasteiger partial charge in [0.2, 0.25) is 5.78 Å². The molecule has 0 radical (unpaired) electrons. The molecule has 0 aromatic carbocycles. The Hall–Kier alpha value is -0.940. The second-order valence-corrected chi connectivity index (χ2v) is 4.77. The van der Waals surface area contributed by atoms with Gasteiger partial charge in [-0.05, 0) is 34.3 Å². The standard InChI is InChI=1S/C10H9BrN2OS/c1-2-13-9(7(11)6-12-13)10(14)8-4-3-5-15-8/h3-6H,2H2,1H3. The van der Waals surface area contributed by atoms with Crippen LogP contribution in [0.4, 0.5) is 0 Å². The van der Waals surface area contributed by atoms with Gasteiger partial charge in [-0.3, -0.25) is 9.48 Å². The maximum absolute atomic E-state index is 12.1. The van der Waals surface area contributed by atoms with Crippen LogP contribution < -0.4 is 0 Å². The Morgan fingerprint density at radius 2 is 2.47 bits per heavy atom. The van der Waals surface area contributed by atoms with E-state index >= 15 is 0 Å². The van der Waals surface area contributed by atoms with Crippen LogP contribution in [0.2, 0.25) is 0 Å². The van der Waals surface area contributed by atoms with Gasteiger partial charge in [-0.2, -0.15) is 5.10 Å². The molecule has 0 spiro atoms. The van der Waals surface area contributed by atoms with Crippen molar-refractivity contribution in [2.24, 2.45) is 0 Å². The molecule has 0 fully saturated rings. The smallest absolute Gasteiger partial charge is 0.222 e. The Labute approximate surface area is 99.9 Å². The second-order valence-electron chi connectivity index (χ2n) is 2.96. The zero-order chi connectivity index (χ0) is 10.8. The van der Waals surface area contributed by atoms with Gasteiger partial charge in [0.25, 0.3) is 0 Å². The van der Waals surface area contributed by atoms with E-state index in [1.54, 1.807) is 10.9 Å². The van der Waals surface area contributed by atoms with Gasteiger partial charge in [-0.25, -0.2) is 0 Å². The van der Waals surface area contributed by atoms with Crippen LogP contribution in [-0.4, -0.2) is 15.6 Å². The minimum absolute atomic E-state index is 0.0243. The lowest BCUT2D eigenvalue weighted by molar-refractivity contribution is 0.103. The van der Waals surface area contributed by atoms with E-state index in [2.05, 4.69) is 21.0 Å². The molecule has 0 unspecified atom stereocenters. The fraction of sp³-hybridized carbons (Fsp3) is 0.200. The zero-order valence-corrected chi connectivity index (χ0v) is 10.5. The van der Waals surface area contributed by atoms with Crippen LogP contribution in [0.15, 0.2) is 28.2 Å². The Morgan fingerprint density at radius 3 is 3.07 bits per heavy atom. The van der Waals surface area contributed by atoms with Crippen LogP contribution in [0.3, 0.4) is 0 Å². The van der Waals surface area contributed by atoms with Crippen LogP contribution >= 0.6 is 27.3 Å². The number of thiophene rings is 1. The molecule has 78 valence electrons. The van der Waals surface area contributed by atoms with Crippen molar-refractivity contribution in [1.82, 2.24) is 9.78 Å². The molecule has 3 nitrogen and oxygen atoms in total. The van der Waals surface area contributed by atoms with Gasteiger partial charge in [0.1, 0.15) is 5.69 Å². The van der Waals surface area contributed by atoms with Crippen molar-refractivity contribution >= 4 is 33.0 Å². The van der Waals surface area contributed by atoms with Gasteiger partial charge >= 0.3 is 0 Å². The highest BCUT2D eigenvalue weighted by Gasteiger charge is 2.18. The molecular formula is C10H9BrN2OS. The van der Waals surface area contributed by atoms with Crippen molar-refractivity contribution in [1.29, 1.82) is 0 Å². The topological polar surface area (TPSA) is 34.9 Å². The molecule has 15 heavy (non-hydrogen) atoms. The first-order valence-corrected chi connectivity index (χ1v) is 6.20. The summed E-state index contributed by atoms with van der Waals surface area (Å²) in [5.74, 6) is 0.0243. The third-order valence-electron chi connectivity index (χ3n) is 2.05. The predicted molar refractivity (Wildman–Crippen MR) is 63.4 cm³/mol. The lowest BCUT2D eigenvalue weighted by Crippen LogP contribution is -2.09. The number of halogens is 1. The first-order valence-electron chi connectivity index (χ1n) is 4.53. The summed E-state index contributed by atoms with van der Waals surface area (Å²) in [6.07, 6.45) is 1.66. The van der Waals surface area contributed by atoms with E-state index in [-0.39, 0.29) is 5.78 Å². The van der Waals surface area contributed by atoms with Crippen LogP contribution in [0.1, 0.15) is 22.3 Å². The monoisotopic (exact) mass is 284 g/mol. The number of aromatic nitrogens is 2. The van der Waals surface area contributed by atoms with Gasteiger partial charge in [0.15, 0.2) is 0 Å². The summed E-state index contributed by atoms with van der Waals surface area (Å²) in [7, 11) is 0. The van der Waals surface area contributed by atoms with Gasteiger partial charge in [0, 0.05) is 6.54 Å². The Morgan fingerprint density at radius 1 is 1.67 bits per heavy atom. The summed E-state index contributed by atoms with van der Waals surface area (Å²) < 4.78 is 2.45. The molecule has 2 aromatic heterocycles. The molecule has 0 aliphatic rings. The summed E-state index contributed by atoms with van der Waals surface area (Å²) in [5.41, 5.74) is 0.625. The van der Waals surface area contributed by atoms with Gasteiger partial charge in [-0.15, -0.1) is 11.3 Å². The maximum atomic E-state index is 12.1. The Balaban J connectivity index is 2.45. The average Bonchev–Trinajstić information content (AvgIpc) is 2.85. The molecular weight excluding hydrogens is 276 g/mol. The summed E-state index contributed by atoms with van der Waals surface area (Å²) in [4.78, 5) is 12.8. The summed E-state index contributed by atoms with van der Waals surface area (Å²) in [6.45, 7) is 2.66. The highest BCUT2D eigenvalue weighted by molar-refractivity contribution is 9.10. The molecule has 0 atom stereocenters. The summed E-state index contributed by atoms with van der Waals surface area (Å²) in [6, 6.07) is 3.70. The molecule has 0 aliphatic carbocycles. The highest BCUT2D eigenvalue weighted by atomic mass is 79.9. The second kappa shape index (κ2) is 4.28. The number of nitrogens with zero attached hydrogens (tertiary/aromatic N) is 2. The van der Waals surface area contributed by atoms with Crippen LogP contribution in [-0.2, 0) is 6.54 Å². The van der Waals surface area contributed by atoms with E-state index in [0.717, 1.165) is 9.35 Å². The van der Waals surface area contributed by atoms with E-state index in [9.17, 15) is 4.79 Å². The van der Waals surface area contributed by atoms with E-state index in [4.69, 9.17) is 0 Å². The molecule has 2 heterocycles. The number of ketones is 1. The summed E-state index contributed by atoms with van der Waals surface area (Å²) in [5, 5.41) is 6.02. The van der Waals surface area contributed by atoms with E-state index < -0.39 is 0 Å². The Bertz CT molecular complexity index is 476. The van der Waals surface area contributed by atoms with Gasteiger partial charge in [-0.1, -0.05) is 6.07 Å². The van der Waals surface area contributed by atoms with E-state index in [0.29, 0.717) is 12.2 Å². The average molecular weight is 285 g/mol. The Kier molecular flexibility index (Phi) is 3.02.